The highest BCUT2D eigenvalue weighted by Gasteiger charge is 2.28. The van der Waals surface area contributed by atoms with E-state index in [1.807, 2.05) is 18.2 Å². The summed E-state index contributed by atoms with van der Waals surface area (Å²) in [5, 5.41) is 14.0. The topological polar surface area (TPSA) is 50.7 Å². The van der Waals surface area contributed by atoms with Crippen molar-refractivity contribution in [1.29, 1.82) is 0 Å². The number of hydrogen-bond acceptors (Lipinski definition) is 4. The normalized spacial score (nSPS) is 17.9. The Morgan fingerprint density at radius 3 is 2.47 bits per heavy atom. The summed E-state index contributed by atoms with van der Waals surface area (Å²) in [7, 11) is 3.21. The largest absolute Gasteiger partial charge is 0.493 e. The van der Waals surface area contributed by atoms with Crippen LogP contribution in [-0.4, -0.2) is 31.4 Å². The second-order valence-electron chi connectivity index (χ2n) is 5.01. The summed E-state index contributed by atoms with van der Waals surface area (Å²) in [4.78, 5) is 0. The van der Waals surface area contributed by atoms with E-state index in [-0.39, 0.29) is 6.04 Å². The van der Waals surface area contributed by atoms with Gasteiger partial charge in [-0.1, -0.05) is 13.0 Å². The molecule has 1 aromatic rings. The van der Waals surface area contributed by atoms with Gasteiger partial charge in [0.1, 0.15) is 0 Å². The molecule has 0 amide bonds. The molecule has 19 heavy (non-hydrogen) atoms. The third kappa shape index (κ3) is 3.39. The average Bonchev–Trinajstić information content (AvgIpc) is 3.27. The molecular formula is C15H23NO3. The zero-order chi connectivity index (χ0) is 13.8. The Morgan fingerprint density at radius 2 is 1.95 bits per heavy atom. The fourth-order valence-electron chi connectivity index (χ4n) is 2.25. The van der Waals surface area contributed by atoms with Crippen LogP contribution in [0.4, 0.5) is 0 Å². The van der Waals surface area contributed by atoms with Crippen LogP contribution in [0.1, 0.15) is 37.9 Å². The maximum Gasteiger partial charge on any atom is 0.161 e. The number of hydrogen-bond donors (Lipinski definition) is 2. The zero-order valence-electron chi connectivity index (χ0n) is 11.8. The molecule has 0 heterocycles. The Balaban J connectivity index is 2.14. The zero-order valence-corrected chi connectivity index (χ0v) is 11.8. The monoisotopic (exact) mass is 265 g/mol. The van der Waals surface area contributed by atoms with Gasteiger partial charge in [0.2, 0.25) is 0 Å². The van der Waals surface area contributed by atoms with Crippen LogP contribution in [0.25, 0.3) is 0 Å². The lowest BCUT2D eigenvalue weighted by Gasteiger charge is -2.24. The van der Waals surface area contributed by atoms with E-state index in [2.05, 4.69) is 12.2 Å². The molecule has 2 rings (SSSR count). The van der Waals surface area contributed by atoms with Crippen LogP contribution in [0.3, 0.4) is 0 Å². The third-order valence-electron chi connectivity index (χ3n) is 3.60. The molecule has 4 heteroatoms. The molecule has 2 N–H and O–H groups in total. The first-order valence-corrected chi connectivity index (χ1v) is 6.85. The molecule has 1 aliphatic carbocycles. The number of ether oxygens (including phenoxy) is 2. The molecule has 106 valence electrons. The van der Waals surface area contributed by atoms with Crippen molar-refractivity contribution in [1.82, 2.24) is 5.32 Å². The Bertz CT molecular complexity index is 418. The van der Waals surface area contributed by atoms with Crippen LogP contribution in [0.5, 0.6) is 11.5 Å². The smallest absolute Gasteiger partial charge is 0.161 e. The SMILES string of the molecule is CCC(NC1CC1)C(O)c1ccc(OC)c(OC)c1. The molecule has 1 aliphatic rings. The van der Waals surface area contributed by atoms with Gasteiger partial charge in [0, 0.05) is 12.1 Å². The Hall–Kier alpha value is -1.26. The summed E-state index contributed by atoms with van der Waals surface area (Å²) in [6, 6.07) is 6.25. The maximum atomic E-state index is 10.5. The Kier molecular flexibility index (Phi) is 4.66. The molecule has 2 atom stereocenters. The third-order valence-corrected chi connectivity index (χ3v) is 3.60. The van der Waals surface area contributed by atoms with Crippen molar-refractivity contribution in [3.63, 3.8) is 0 Å². The second kappa shape index (κ2) is 6.26. The summed E-state index contributed by atoms with van der Waals surface area (Å²) < 4.78 is 10.5. The highest BCUT2D eigenvalue weighted by molar-refractivity contribution is 5.43. The maximum absolute atomic E-state index is 10.5. The lowest BCUT2D eigenvalue weighted by atomic mass is 9.99. The van der Waals surface area contributed by atoms with Crippen LogP contribution in [0, 0.1) is 0 Å². The minimum atomic E-state index is -0.523. The highest BCUT2D eigenvalue weighted by atomic mass is 16.5. The van der Waals surface area contributed by atoms with Gasteiger partial charge in [0.15, 0.2) is 11.5 Å². The number of rotatable bonds is 7. The van der Waals surface area contributed by atoms with Crippen molar-refractivity contribution in [3.05, 3.63) is 23.8 Å². The summed E-state index contributed by atoms with van der Waals surface area (Å²) in [6.45, 7) is 2.09. The van der Waals surface area contributed by atoms with Crippen molar-refractivity contribution in [2.45, 2.75) is 44.4 Å². The van der Waals surface area contributed by atoms with E-state index in [0.717, 1.165) is 12.0 Å². The standard InChI is InChI=1S/C15H23NO3/c1-4-12(16-11-6-7-11)15(17)10-5-8-13(18-2)14(9-10)19-3/h5,8-9,11-12,15-17H,4,6-7H2,1-3H3. The van der Waals surface area contributed by atoms with Gasteiger partial charge in [-0.3, -0.25) is 0 Å². The van der Waals surface area contributed by atoms with Crippen molar-refractivity contribution < 1.29 is 14.6 Å². The number of aliphatic hydroxyl groups is 1. The molecule has 0 bridgehead atoms. The molecule has 4 nitrogen and oxygen atoms in total. The molecular weight excluding hydrogens is 242 g/mol. The number of aliphatic hydroxyl groups excluding tert-OH is 1. The lowest BCUT2D eigenvalue weighted by Crippen LogP contribution is -2.35. The predicted octanol–water partition coefficient (Wildman–Crippen LogP) is 2.27. The molecule has 0 aromatic heterocycles. The Labute approximate surface area is 114 Å². The van der Waals surface area contributed by atoms with Crippen molar-refractivity contribution in [2.24, 2.45) is 0 Å². The molecule has 0 saturated heterocycles. The predicted molar refractivity (Wildman–Crippen MR) is 74.7 cm³/mol. The van der Waals surface area contributed by atoms with E-state index < -0.39 is 6.10 Å². The fourth-order valence-corrected chi connectivity index (χ4v) is 2.25. The van der Waals surface area contributed by atoms with Crippen molar-refractivity contribution in [3.8, 4) is 11.5 Å². The van der Waals surface area contributed by atoms with E-state index in [1.165, 1.54) is 12.8 Å². The first-order chi connectivity index (χ1) is 9.19. The van der Waals surface area contributed by atoms with Crippen LogP contribution >= 0.6 is 0 Å². The van der Waals surface area contributed by atoms with Crippen LogP contribution in [0.15, 0.2) is 18.2 Å². The van der Waals surface area contributed by atoms with Gasteiger partial charge in [-0.25, -0.2) is 0 Å². The number of nitrogens with one attached hydrogen (secondary N) is 1. The summed E-state index contributed by atoms with van der Waals surface area (Å²) in [5.41, 5.74) is 0.859. The lowest BCUT2D eigenvalue weighted by molar-refractivity contribution is 0.124. The second-order valence-corrected chi connectivity index (χ2v) is 5.01. The quantitative estimate of drug-likeness (QED) is 0.794. The van der Waals surface area contributed by atoms with Crippen molar-refractivity contribution >= 4 is 0 Å². The van der Waals surface area contributed by atoms with Gasteiger partial charge in [-0.15, -0.1) is 0 Å². The van der Waals surface area contributed by atoms with Crippen LogP contribution in [-0.2, 0) is 0 Å². The van der Waals surface area contributed by atoms with E-state index in [9.17, 15) is 5.11 Å². The molecule has 1 fully saturated rings. The average molecular weight is 265 g/mol. The van der Waals surface area contributed by atoms with E-state index >= 15 is 0 Å². The van der Waals surface area contributed by atoms with E-state index in [0.29, 0.717) is 17.5 Å². The van der Waals surface area contributed by atoms with Crippen LogP contribution < -0.4 is 14.8 Å². The Morgan fingerprint density at radius 1 is 1.26 bits per heavy atom. The summed E-state index contributed by atoms with van der Waals surface area (Å²) in [6.07, 6.45) is 2.81. The molecule has 1 aromatic carbocycles. The van der Waals surface area contributed by atoms with Gasteiger partial charge >= 0.3 is 0 Å². The fraction of sp³-hybridized carbons (Fsp3) is 0.600. The van der Waals surface area contributed by atoms with Gasteiger partial charge in [0.25, 0.3) is 0 Å². The highest BCUT2D eigenvalue weighted by Crippen LogP contribution is 2.32. The van der Waals surface area contributed by atoms with E-state index in [1.54, 1.807) is 14.2 Å². The molecule has 1 saturated carbocycles. The first-order valence-electron chi connectivity index (χ1n) is 6.85. The van der Waals surface area contributed by atoms with Crippen molar-refractivity contribution in [2.75, 3.05) is 14.2 Å². The number of methoxy groups -OCH3 is 2. The van der Waals surface area contributed by atoms with Gasteiger partial charge < -0.3 is 19.9 Å². The van der Waals surface area contributed by atoms with Gasteiger partial charge in [-0.2, -0.15) is 0 Å². The number of benzene rings is 1. The van der Waals surface area contributed by atoms with Gasteiger partial charge in [0.05, 0.1) is 20.3 Å². The summed E-state index contributed by atoms with van der Waals surface area (Å²) in [5.74, 6) is 1.34. The van der Waals surface area contributed by atoms with E-state index in [4.69, 9.17) is 9.47 Å². The molecule has 0 aliphatic heterocycles. The molecule has 2 unspecified atom stereocenters. The first kappa shape index (κ1) is 14.2. The minimum Gasteiger partial charge on any atom is -0.493 e. The molecule has 0 radical (unpaired) electrons. The molecule has 0 spiro atoms. The van der Waals surface area contributed by atoms with Crippen LogP contribution in [0.2, 0.25) is 0 Å². The van der Waals surface area contributed by atoms with Gasteiger partial charge in [-0.05, 0) is 37.0 Å². The minimum absolute atomic E-state index is 0.0885. The summed E-state index contributed by atoms with van der Waals surface area (Å²) >= 11 is 0.